The van der Waals surface area contributed by atoms with Crippen LogP contribution < -0.4 is 11.1 Å². The average Bonchev–Trinajstić information content (AvgIpc) is 3.22. The summed E-state index contributed by atoms with van der Waals surface area (Å²) in [5.74, 6) is -1.09. The van der Waals surface area contributed by atoms with Crippen LogP contribution in [0.25, 0.3) is 0 Å². The Morgan fingerprint density at radius 1 is 1.32 bits per heavy atom. The number of oxime groups is 1. The third-order valence-corrected chi connectivity index (χ3v) is 3.92. The van der Waals surface area contributed by atoms with Crippen molar-refractivity contribution in [1.29, 1.82) is 0 Å². The lowest BCUT2D eigenvalue weighted by molar-refractivity contribution is -0.125. The number of nitrogens with one attached hydrogen (secondary N) is 2. The molecular weight excluding hydrogens is 322 g/mol. The molecule has 2 aromatic rings. The van der Waals surface area contributed by atoms with Crippen molar-refractivity contribution in [2.24, 2.45) is 10.9 Å². The number of aromatic amines is 1. The van der Waals surface area contributed by atoms with E-state index in [9.17, 15) is 9.59 Å². The van der Waals surface area contributed by atoms with E-state index in [-0.39, 0.29) is 11.6 Å². The van der Waals surface area contributed by atoms with Gasteiger partial charge in [-0.05, 0) is 11.5 Å². The lowest BCUT2D eigenvalue weighted by Crippen LogP contribution is -2.29. The number of carbonyl (C=O) groups is 2. The van der Waals surface area contributed by atoms with Crippen LogP contribution in [-0.2, 0) is 9.63 Å². The number of benzene rings is 1. The van der Waals surface area contributed by atoms with Crippen LogP contribution in [0.2, 0.25) is 0 Å². The molecular formula is C17H19N5O3. The Bertz CT molecular complexity index is 826. The highest BCUT2D eigenvalue weighted by Crippen LogP contribution is 2.26. The number of carbonyl (C=O) groups excluding carboxylic acids is 2. The second kappa shape index (κ2) is 6.76. The highest BCUT2D eigenvalue weighted by Gasteiger charge is 2.31. The van der Waals surface area contributed by atoms with Crippen molar-refractivity contribution < 1.29 is 14.4 Å². The number of rotatable bonds is 5. The molecule has 8 nitrogen and oxygen atoms in total. The van der Waals surface area contributed by atoms with E-state index in [4.69, 9.17) is 10.6 Å². The number of anilines is 1. The van der Waals surface area contributed by atoms with Crippen molar-refractivity contribution in [3.63, 3.8) is 0 Å². The zero-order valence-electron chi connectivity index (χ0n) is 13.9. The molecule has 25 heavy (non-hydrogen) atoms. The second-order valence-electron chi connectivity index (χ2n) is 6.07. The van der Waals surface area contributed by atoms with E-state index in [1.54, 1.807) is 0 Å². The van der Waals surface area contributed by atoms with Crippen LogP contribution in [0.3, 0.4) is 0 Å². The average molecular weight is 341 g/mol. The smallest absolute Gasteiger partial charge is 0.271 e. The number of hydrogen-bond donors (Lipinski definition) is 3. The normalized spacial score (nSPS) is 16.4. The molecule has 0 radical (unpaired) electrons. The minimum Gasteiger partial charge on any atom is -0.382 e. The highest BCUT2D eigenvalue weighted by atomic mass is 16.6. The standard InChI is InChI=1S/C17H19N5O3/c1-9(2)13-14(15(16(18)23)21-20-13)19-17(24)12-8-11(22-25-12)10-6-4-3-5-7-10/h3-7,9,12H,8H2,1-2H3,(H2,18,23)(H,19,24)(H,20,21). The highest BCUT2D eigenvalue weighted by molar-refractivity contribution is 6.08. The Balaban J connectivity index is 1.74. The Morgan fingerprint density at radius 2 is 2.04 bits per heavy atom. The molecule has 2 amide bonds. The molecule has 1 aromatic heterocycles. The molecule has 1 unspecified atom stereocenters. The van der Waals surface area contributed by atoms with Crippen molar-refractivity contribution in [3.8, 4) is 0 Å². The van der Waals surface area contributed by atoms with Crippen LogP contribution in [0.15, 0.2) is 35.5 Å². The van der Waals surface area contributed by atoms with Crippen molar-refractivity contribution >= 4 is 23.2 Å². The monoisotopic (exact) mass is 341 g/mol. The zero-order chi connectivity index (χ0) is 18.0. The molecule has 8 heteroatoms. The molecule has 1 aliphatic rings. The number of amides is 2. The van der Waals surface area contributed by atoms with Gasteiger partial charge in [0, 0.05) is 6.42 Å². The summed E-state index contributed by atoms with van der Waals surface area (Å²) >= 11 is 0. The van der Waals surface area contributed by atoms with Crippen molar-refractivity contribution in [1.82, 2.24) is 10.2 Å². The van der Waals surface area contributed by atoms with Crippen LogP contribution in [0.5, 0.6) is 0 Å². The van der Waals surface area contributed by atoms with Gasteiger partial charge in [0.15, 0.2) is 5.69 Å². The van der Waals surface area contributed by atoms with Crippen LogP contribution in [0, 0.1) is 0 Å². The molecule has 2 heterocycles. The van der Waals surface area contributed by atoms with Gasteiger partial charge in [-0.2, -0.15) is 5.10 Å². The van der Waals surface area contributed by atoms with Crippen molar-refractivity contribution in [2.75, 3.05) is 5.32 Å². The summed E-state index contributed by atoms with van der Waals surface area (Å²) in [7, 11) is 0. The topological polar surface area (TPSA) is 122 Å². The van der Waals surface area contributed by atoms with Crippen LogP contribution in [0.4, 0.5) is 5.69 Å². The maximum absolute atomic E-state index is 12.5. The van der Waals surface area contributed by atoms with E-state index in [0.717, 1.165) is 5.56 Å². The summed E-state index contributed by atoms with van der Waals surface area (Å²) in [6.45, 7) is 3.83. The molecule has 3 rings (SSSR count). The summed E-state index contributed by atoms with van der Waals surface area (Å²) in [5.41, 5.74) is 7.86. The summed E-state index contributed by atoms with van der Waals surface area (Å²) in [5, 5.41) is 13.3. The van der Waals surface area contributed by atoms with Gasteiger partial charge in [-0.1, -0.05) is 49.3 Å². The maximum atomic E-state index is 12.5. The SMILES string of the molecule is CC(C)c1[nH]nc(C(N)=O)c1NC(=O)C1CC(c2ccccc2)=NO1. The predicted octanol–water partition coefficient (Wildman–Crippen LogP) is 1.76. The number of H-pyrrole nitrogens is 1. The molecule has 1 aliphatic heterocycles. The maximum Gasteiger partial charge on any atom is 0.271 e. The zero-order valence-corrected chi connectivity index (χ0v) is 13.9. The molecule has 1 aromatic carbocycles. The fourth-order valence-electron chi connectivity index (χ4n) is 2.60. The van der Waals surface area contributed by atoms with Gasteiger partial charge in [-0.15, -0.1) is 0 Å². The molecule has 0 fully saturated rings. The lowest BCUT2D eigenvalue weighted by atomic mass is 10.0. The molecule has 1 atom stereocenters. The quantitative estimate of drug-likeness (QED) is 0.767. The molecule has 4 N–H and O–H groups in total. The fraction of sp³-hybridized carbons (Fsp3) is 0.294. The van der Waals surface area contributed by atoms with Gasteiger partial charge in [-0.3, -0.25) is 14.7 Å². The van der Waals surface area contributed by atoms with E-state index in [1.807, 2.05) is 44.2 Å². The molecule has 0 bridgehead atoms. The third-order valence-electron chi connectivity index (χ3n) is 3.92. The van der Waals surface area contributed by atoms with Crippen LogP contribution in [-0.4, -0.2) is 33.8 Å². The number of primary amides is 1. The van der Waals surface area contributed by atoms with E-state index in [1.165, 1.54) is 0 Å². The Hall–Kier alpha value is -3.16. The van der Waals surface area contributed by atoms with E-state index >= 15 is 0 Å². The van der Waals surface area contributed by atoms with Crippen LogP contribution >= 0.6 is 0 Å². The molecule has 0 spiro atoms. The first-order valence-corrected chi connectivity index (χ1v) is 7.94. The first kappa shape index (κ1) is 16.7. The van der Waals surface area contributed by atoms with Crippen molar-refractivity contribution in [3.05, 3.63) is 47.3 Å². The molecule has 130 valence electrons. The Kier molecular flexibility index (Phi) is 4.51. The van der Waals surface area contributed by atoms with Gasteiger partial charge >= 0.3 is 0 Å². The summed E-state index contributed by atoms with van der Waals surface area (Å²) < 4.78 is 0. The molecule has 0 aliphatic carbocycles. The number of nitrogens with two attached hydrogens (primary N) is 1. The van der Waals surface area contributed by atoms with E-state index in [2.05, 4.69) is 20.7 Å². The first-order valence-electron chi connectivity index (χ1n) is 7.94. The third kappa shape index (κ3) is 3.37. The Labute approximate surface area is 144 Å². The number of nitrogens with zero attached hydrogens (tertiary/aromatic N) is 2. The molecule has 0 saturated carbocycles. The minimum absolute atomic E-state index is 0.000696. The van der Waals surface area contributed by atoms with Gasteiger partial charge in [0.25, 0.3) is 11.8 Å². The Morgan fingerprint density at radius 3 is 2.68 bits per heavy atom. The van der Waals surface area contributed by atoms with Gasteiger partial charge in [0.1, 0.15) is 0 Å². The minimum atomic E-state index is -0.772. The van der Waals surface area contributed by atoms with Crippen molar-refractivity contribution in [2.45, 2.75) is 32.3 Å². The van der Waals surface area contributed by atoms with Crippen LogP contribution in [0.1, 0.15) is 47.9 Å². The summed E-state index contributed by atoms with van der Waals surface area (Å²) in [6.07, 6.45) is -0.429. The predicted molar refractivity (Wildman–Crippen MR) is 92.3 cm³/mol. The van der Waals surface area contributed by atoms with Gasteiger partial charge in [0.05, 0.1) is 17.1 Å². The van der Waals surface area contributed by atoms with E-state index < -0.39 is 17.9 Å². The van der Waals surface area contributed by atoms with Gasteiger partial charge in [0.2, 0.25) is 6.10 Å². The second-order valence-corrected chi connectivity index (χ2v) is 6.07. The fourth-order valence-corrected chi connectivity index (χ4v) is 2.60. The van der Waals surface area contributed by atoms with E-state index in [0.29, 0.717) is 23.5 Å². The van der Waals surface area contributed by atoms with Gasteiger partial charge in [-0.25, -0.2) is 0 Å². The van der Waals surface area contributed by atoms with Gasteiger partial charge < -0.3 is 15.9 Å². The molecule has 0 saturated heterocycles. The summed E-state index contributed by atoms with van der Waals surface area (Å²) in [6, 6.07) is 9.50. The first-order chi connectivity index (χ1) is 12.0. The largest absolute Gasteiger partial charge is 0.382 e. The number of hydrogen-bond acceptors (Lipinski definition) is 5. The lowest BCUT2D eigenvalue weighted by Gasteiger charge is -2.12. The number of aromatic nitrogens is 2. The summed E-state index contributed by atoms with van der Waals surface area (Å²) in [4.78, 5) is 29.3.